The lowest BCUT2D eigenvalue weighted by molar-refractivity contribution is -0.134. The predicted molar refractivity (Wildman–Crippen MR) is 87.4 cm³/mol. The van der Waals surface area contributed by atoms with Crippen molar-refractivity contribution in [1.29, 1.82) is 0 Å². The molecule has 0 unspecified atom stereocenters. The Balaban J connectivity index is 2.27. The van der Waals surface area contributed by atoms with Gasteiger partial charge in [-0.25, -0.2) is 8.78 Å². The maximum atomic E-state index is 13.4. The molecule has 2 aromatic carbocycles. The summed E-state index contributed by atoms with van der Waals surface area (Å²) in [5.41, 5.74) is 0.707. The van der Waals surface area contributed by atoms with Crippen LogP contribution in [0, 0.1) is 11.6 Å². The highest BCUT2D eigenvalue weighted by Crippen LogP contribution is 2.37. The van der Waals surface area contributed by atoms with Crippen molar-refractivity contribution in [3.8, 4) is 0 Å². The smallest absolute Gasteiger partial charge is 0.261 e. The number of halogens is 4. The largest absolute Gasteiger partial charge is 0.277 e. The Hall–Kier alpha value is -2.24. The summed E-state index contributed by atoms with van der Waals surface area (Å²) in [6.07, 6.45) is 0. The van der Waals surface area contributed by atoms with Gasteiger partial charge in [0.25, 0.3) is 11.8 Å². The molecule has 2 amide bonds. The number of benzene rings is 2. The molecule has 24 heavy (non-hydrogen) atoms. The zero-order valence-corrected chi connectivity index (χ0v) is 13.8. The molecule has 0 N–H and O–H groups in total. The Bertz CT molecular complexity index is 851. The fraction of sp³-hybridized carbons (Fsp3) is 0.0588. The second-order valence-electron chi connectivity index (χ2n) is 5.18. The first kappa shape index (κ1) is 16.6. The number of hydrogen-bond donors (Lipinski definition) is 0. The summed E-state index contributed by atoms with van der Waals surface area (Å²) >= 11 is 11.5. The third-order valence-electron chi connectivity index (χ3n) is 3.70. The molecule has 1 heterocycles. The maximum absolute atomic E-state index is 13.4. The van der Waals surface area contributed by atoms with Crippen LogP contribution in [0.1, 0.15) is 11.1 Å². The minimum absolute atomic E-state index is 0.0621. The molecule has 0 aliphatic carbocycles. The maximum Gasteiger partial charge on any atom is 0.261 e. The summed E-state index contributed by atoms with van der Waals surface area (Å²) in [6.45, 7) is 0. The van der Waals surface area contributed by atoms with E-state index in [1.54, 1.807) is 0 Å². The first-order chi connectivity index (χ1) is 11.3. The van der Waals surface area contributed by atoms with Gasteiger partial charge in [0.1, 0.15) is 11.6 Å². The quantitative estimate of drug-likeness (QED) is 0.746. The topological polar surface area (TPSA) is 37.4 Å². The van der Waals surface area contributed by atoms with Crippen molar-refractivity contribution in [2.75, 3.05) is 7.05 Å². The van der Waals surface area contributed by atoms with Crippen molar-refractivity contribution in [2.24, 2.45) is 0 Å². The van der Waals surface area contributed by atoms with E-state index in [4.69, 9.17) is 23.2 Å². The van der Waals surface area contributed by atoms with Gasteiger partial charge in [0.05, 0.1) is 21.2 Å². The number of likely N-dealkylation sites (N-methyl/N-ethyl adjacent to an activating group) is 1. The van der Waals surface area contributed by atoms with E-state index in [0.717, 1.165) is 17.0 Å². The highest BCUT2D eigenvalue weighted by Gasteiger charge is 2.37. The Morgan fingerprint density at radius 3 is 1.50 bits per heavy atom. The third kappa shape index (κ3) is 2.60. The van der Waals surface area contributed by atoms with Gasteiger partial charge in [0.2, 0.25) is 0 Å². The summed E-state index contributed by atoms with van der Waals surface area (Å²) < 4.78 is 26.8. The molecular formula is C17H9Cl2F2NO2. The summed E-state index contributed by atoms with van der Waals surface area (Å²) in [5, 5.41) is -0.349. The van der Waals surface area contributed by atoms with Crippen LogP contribution >= 0.6 is 23.2 Å². The van der Waals surface area contributed by atoms with Crippen LogP contribution in [0.15, 0.2) is 36.4 Å². The zero-order chi connectivity index (χ0) is 17.6. The van der Waals surface area contributed by atoms with Crippen molar-refractivity contribution in [3.63, 3.8) is 0 Å². The number of amides is 2. The average molecular weight is 368 g/mol. The lowest BCUT2D eigenvalue weighted by atomic mass is 9.96. The Morgan fingerprint density at radius 1 is 0.792 bits per heavy atom. The number of nitrogens with zero attached hydrogens (tertiary/aromatic N) is 1. The molecule has 7 heteroatoms. The van der Waals surface area contributed by atoms with Gasteiger partial charge < -0.3 is 0 Å². The highest BCUT2D eigenvalue weighted by atomic mass is 35.5. The summed E-state index contributed by atoms with van der Waals surface area (Å²) in [4.78, 5) is 25.8. The Morgan fingerprint density at radius 2 is 1.17 bits per heavy atom. The van der Waals surface area contributed by atoms with Crippen LogP contribution < -0.4 is 0 Å². The second kappa shape index (κ2) is 6.00. The Kier molecular flexibility index (Phi) is 4.15. The van der Waals surface area contributed by atoms with E-state index in [-0.39, 0.29) is 21.2 Å². The highest BCUT2D eigenvalue weighted by molar-refractivity contribution is 6.49. The van der Waals surface area contributed by atoms with E-state index in [2.05, 4.69) is 0 Å². The van der Waals surface area contributed by atoms with Crippen LogP contribution in [0.3, 0.4) is 0 Å². The van der Waals surface area contributed by atoms with Gasteiger partial charge in [-0.3, -0.25) is 14.5 Å². The van der Waals surface area contributed by atoms with Crippen LogP contribution in [-0.4, -0.2) is 23.8 Å². The molecule has 0 radical (unpaired) electrons. The molecule has 0 saturated carbocycles. The van der Waals surface area contributed by atoms with Crippen molar-refractivity contribution in [1.82, 2.24) is 4.90 Å². The Labute approximate surface area is 146 Å². The number of hydrogen-bond acceptors (Lipinski definition) is 2. The van der Waals surface area contributed by atoms with Gasteiger partial charge in [-0.15, -0.1) is 0 Å². The molecule has 0 aromatic heterocycles. The summed E-state index contributed by atoms with van der Waals surface area (Å²) in [6, 6.07) is 7.45. The van der Waals surface area contributed by atoms with Crippen LogP contribution in [-0.2, 0) is 9.59 Å². The molecule has 2 aromatic rings. The number of carbonyl (C=O) groups excluding carboxylic acids is 2. The molecule has 3 nitrogen and oxygen atoms in total. The molecule has 1 aliphatic rings. The minimum Gasteiger partial charge on any atom is -0.277 e. The number of imide groups is 1. The summed E-state index contributed by atoms with van der Waals surface area (Å²) in [7, 11) is 1.33. The molecule has 1 aliphatic heterocycles. The van der Waals surface area contributed by atoms with E-state index in [9.17, 15) is 18.4 Å². The molecule has 0 fully saturated rings. The number of rotatable bonds is 2. The van der Waals surface area contributed by atoms with Crippen LogP contribution in [0.2, 0.25) is 10.0 Å². The fourth-order valence-corrected chi connectivity index (χ4v) is 2.84. The van der Waals surface area contributed by atoms with Gasteiger partial charge in [-0.05, 0) is 35.4 Å². The van der Waals surface area contributed by atoms with Crippen LogP contribution in [0.25, 0.3) is 11.1 Å². The van der Waals surface area contributed by atoms with E-state index < -0.39 is 23.4 Å². The average Bonchev–Trinajstić information content (AvgIpc) is 2.77. The lowest BCUT2D eigenvalue weighted by Crippen LogP contribution is -2.26. The normalized spacial score (nSPS) is 14.8. The van der Waals surface area contributed by atoms with Crippen molar-refractivity contribution in [3.05, 3.63) is 69.2 Å². The first-order valence-corrected chi connectivity index (χ1v) is 7.54. The first-order valence-electron chi connectivity index (χ1n) is 6.78. The molecule has 0 spiro atoms. The van der Waals surface area contributed by atoms with Crippen molar-refractivity contribution >= 4 is 46.2 Å². The fourth-order valence-electron chi connectivity index (χ4n) is 2.48. The summed E-state index contributed by atoms with van der Waals surface area (Å²) in [5.74, 6) is -2.40. The zero-order valence-electron chi connectivity index (χ0n) is 12.2. The molecule has 3 rings (SSSR count). The van der Waals surface area contributed by atoms with E-state index in [1.165, 1.54) is 31.3 Å². The molecule has 0 atom stereocenters. The van der Waals surface area contributed by atoms with Gasteiger partial charge in [-0.1, -0.05) is 35.3 Å². The molecule has 122 valence electrons. The van der Waals surface area contributed by atoms with Gasteiger partial charge in [-0.2, -0.15) is 0 Å². The van der Waals surface area contributed by atoms with Crippen molar-refractivity contribution in [2.45, 2.75) is 0 Å². The van der Waals surface area contributed by atoms with E-state index in [1.807, 2.05) is 0 Å². The second-order valence-corrected chi connectivity index (χ2v) is 5.99. The van der Waals surface area contributed by atoms with Gasteiger partial charge in [0, 0.05) is 7.05 Å². The lowest BCUT2D eigenvalue weighted by Gasteiger charge is -2.07. The SMILES string of the molecule is CN1C(=O)C(c2ccc(F)c(Cl)c2)=C(c2ccc(F)c(Cl)c2)C1=O. The van der Waals surface area contributed by atoms with Crippen LogP contribution in [0.5, 0.6) is 0 Å². The standard InChI is InChI=1S/C17H9Cl2F2NO2/c1-22-16(23)14(8-2-4-12(20)10(18)6-8)15(17(22)24)9-3-5-13(21)11(19)7-9/h2-7H,1H3. The van der Waals surface area contributed by atoms with E-state index >= 15 is 0 Å². The van der Waals surface area contributed by atoms with Gasteiger partial charge >= 0.3 is 0 Å². The van der Waals surface area contributed by atoms with Crippen LogP contribution in [0.4, 0.5) is 8.78 Å². The third-order valence-corrected chi connectivity index (χ3v) is 4.28. The molecular weight excluding hydrogens is 359 g/mol. The molecule has 0 saturated heterocycles. The van der Waals surface area contributed by atoms with Crippen molar-refractivity contribution < 1.29 is 18.4 Å². The minimum atomic E-state index is -0.641. The van der Waals surface area contributed by atoms with Gasteiger partial charge in [0.15, 0.2) is 0 Å². The molecule has 0 bridgehead atoms. The number of carbonyl (C=O) groups is 2. The van der Waals surface area contributed by atoms with E-state index in [0.29, 0.717) is 11.1 Å². The monoisotopic (exact) mass is 367 g/mol. The predicted octanol–water partition coefficient (Wildman–Crippen LogP) is 4.18.